The summed E-state index contributed by atoms with van der Waals surface area (Å²) < 4.78 is 7.11. The quantitative estimate of drug-likeness (QED) is 0.663. The van der Waals surface area contributed by atoms with E-state index in [-0.39, 0.29) is 12.4 Å². The zero-order chi connectivity index (χ0) is 18.5. The molecule has 0 saturated heterocycles. The number of carboxylic acid groups (broad SMARTS) is 1. The van der Waals surface area contributed by atoms with Crippen LogP contribution in [0.3, 0.4) is 0 Å². The number of aromatic nitrogens is 1. The monoisotopic (exact) mass is 349 g/mol. The fourth-order valence-electron chi connectivity index (χ4n) is 2.63. The van der Waals surface area contributed by atoms with Crippen molar-refractivity contribution in [3.05, 3.63) is 89.2 Å². The molecule has 0 spiro atoms. The van der Waals surface area contributed by atoms with Gasteiger partial charge in [-0.25, -0.2) is 4.79 Å². The molecule has 0 atom stereocenters. The van der Waals surface area contributed by atoms with Gasteiger partial charge >= 0.3 is 5.97 Å². The molecule has 1 heterocycles. The van der Waals surface area contributed by atoms with E-state index in [1.807, 2.05) is 60.3 Å². The summed E-state index contributed by atoms with van der Waals surface area (Å²) >= 11 is 0. The molecule has 5 heteroatoms. The summed E-state index contributed by atoms with van der Waals surface area (Å²) in [6.45, 7) is 2.17. The van der Waals surface area contributed by atoms with Crippen LogP contribution >= 0.6 is 0 Å². The molecule has 132 valence electrons. The largest absolute Gasteiger partial charge is 0.482 e. The van der Waals surface area contributed by atoms with Gasteiger partial charge in [0, 0.05) is 30.1 Å². The second-order valence-corrected chi connectivity index (χ2v) is 6.10. The highest BCUT2D eigenvalue weighted by atomic mass is 16.5. The molecule has 0 radical (unpaired) electrons. The maximum absolute atomic E-state index is 12.5. The third-order valence-electron chi connectivity index (χ3n) is 3.95. The van der Waals surface area contributed by atoms with E-state index in [0.29, 0.717) is 23.4 Å². The van der Waals surface area contributed by atoms with Crippen LogP contribution in [0.1, 0.15) is 27.0 Å². The van der Waals surface area contributed by atoms with Gasteiger partial charge in [0.1, 0.15) is 5.75 Å². The van der Waals surface area contributed by atoms with Crippen molar-refractivity contribution in [3.63, 3.8) is 0 Å². The molecule has 0 saturated carbocycles. The van der Waals surface area contributed by atoms with Crippen molar-refractivity contribution in [2.45, 2.75) is 13.5 Å². The first-order chi connectivity index (χ1) is 12.5. The van der Waals surface area contributed by atoms with Crippen LogP contribution in [0.5, 0.6) is 5.75 Å². The molecule has 0 amide bonds. The lowest BCUT2D eigenvalue weighted by Crippen LogP contribution is -2.09. The number of hydrogen-bond donors (Lipinski definition) is 1. The summed E-state index contributed by atoms with van der Waals surface area (Å²) in [7, 11) is 0. The van der Waals surface area contributed by atoms with Gasteiger partial charge in [-0.05, 0) is 30.7 Å². The molecule has 1 N–H and O–H groups in total. The van der Waals surface area contributed by atoms with Crippen LogP contribution in [0.4, 0.5) is 0 Å². The molecule has 0 fully saturated rings. The third-order valence-corrected chi connectivity index (χ3v) is 3.95. The highest BCUT2D eigenvalue weighted by Crippen LogP contribution is 2.16. The summed E-state index contributed by atoms with van der Waals surface area (Å²) in [5.74, 6) is -0.518. The maximum Gasteiger partial charge on any atom is 0.341 e. The minimum atomic E-state index is -1.01. The Morgan fingerprint density at radius 2 is 1.81 bits per heavy atom. The molecule has 3 aromatic rings. The normalized spacial score (nSPS) is 10.5. The number of rotatable bonds is 7. The molecule has 1 aromatic heterocycles. The Balaban J connectivity index is 1.70. The zero-order valence-corrected chi connectivity index (χ0v) is 14.4. The van der Waals surface area contributed by atoms with Crippen molar-refractivity contribution in [2.75, 3.05) is 6.61 Å². The van der Waals surface area contributed by atoms with Crippen LogP contribution in [0.25, 0.3) is 0 Å². The van der Waals surface area contributed by atoms with Crippen molar-refractivity contribution in [2.24, 2.45) is 0 Å². The maximum atomic E-state index is 12.5. The second-order valence-electron chi connectivity index (χ2n) is 6.10. The minimum absolute atomic E-state index is 0.0118. The zero-order valence-electron chi connectivity index (χ0n) is 14.4. The lowest BCUT2D eigenvalue weighted by atomic mass is 10.0. The highest BCUT2D eigenvalue weighted by Gasteiger charge is 2.10. The van der Waals surface area contributed by atoms with Gasteiger partial charge in [0.2, 0.25) is 0 Å². The van der Waals surface area contributed by atoms with E-state index >= 15 is 0 Å². The molecule has 0 aliphatic carbocycles. The number of carboxylic acids is 1. The summed E-state index contributed by atoms with van der Waals surface area (Å²) in [6.07, 6.45) is 3.67. The van der Waals surface area contributed by atoms with E-state index in [2.05, 4.69) is 0 Å². The first-order valence-corrected chi connectivity index (χ1v) is 8.22. The molecule has 26 heavy (non-hydrogen) atoms. The van der Waals surface area contributed by atoms with Crippen LogP contribution in [0.2, 0.25) is 0 Å². The SMILES string of the molecule is Cc1ccc(C(=O)c2ccn(Cc3cccc(OCC(=O)O)c3)c2)cc1. The molecule has 0 aliphatic heterocycles. The number of carbonyl (C=O) groups is 2. The van der Waals surface area contributed by atoms with Crippen molar-refractivity contribution in [3.8, 4) is 5.75 Å². The fraction of sp³-hybridized carbons (Fsp3) is 0.143. The van der Waals surface area contributed by atoms with Gasteiger partial charge in [0.15, 0.2) is 12.4 Å². The van der Waals surface area contributed by atoms with Gasteiger partial charge in [-0.15, -0.1) is 0 Å². The van der Waals surface area contributed by atoms with E-state index in [9.17, 15) is 9.59 Å². The molecule has 0 unspecified atom stereocenters. The average molecular weight is 349 g/mol. The van der Waals surface area contributed by atoms with Gasteiger partial charge in [-0.2, -0.15) is 0 Å². The Morgan fingerprint density at radius 3 is 2.54 bits per heavy atom. The van der Waals surface area contributed by atoms with Gasteiger partial charge in [0.25, 0.3) is 0 Å². The number of hydrogen-bond acceptors (Lipinski definition) is 3. The predicted molar refractivity (Wildman–Crippen MR) is 97.7 cm³/mol. The average Bonchev–Trinajstić information content (AvgIpc) is 3.09. The van der Waals surface area contributed by atoms with Crippen molar-refractivity contribution >= 4 is 11.8 Å². The van der Waals surface area contributed by atoms with Crippen molar-refractivity contribution in [1.82, 2.24) is 4.57 Å². The summed E-state index contributed by atoms with van der Waals surface area (Å²) in [5.41, 5.74) is 3.37. The molecule has 3 rings (SSSR count). The Hall–Kier alpha value is -3.34. The number of ether oxygens (including phenoxy) is 1. The van der Waals surface area contributed by atoms with Gasteiger partial charge in [0.05, 0.1) is 0 Å². The summed E-state index contributed by atoms with van der Waals surface area (Å²) in [4.78, 5) is 23.1. The Kier molecular flexibility index (Phi) is 5.17. The lowest BCUT2D eigenvalue weighted by Gasteiger charge is -2.07. The minimum Gasteiger partial charge on any atom is -0.482 e. The van der Waals surface area contributed by atoms with E-state index in [1.165, 1.54) is 0 Å². The number of aliphatic carboxylic acids is 1. The van der Waals surface area contributed by atoms with Gasteiger partial charge in [-0.3, -0.25) is 4.79 Å². The molecule has 0 bridgehead atoms. The molecule has 5 nitrogen and oxygen atoms in total. The molecular weight excluding hydrogens is 330 g/mol. The van der Waals surface area contributed by atoms with E-state index in [4.69, 9.17) is 9.84 Å². The number of carbonyl (C=O) groups excluding carboxylic acids is 1. The first-order valence-electron chi connectivity index (χ1n) is 8.22. The molecule has 0 aliphatic rings. The van der Waals surface area contributed by atoms with E-state index < -0.39 is 5.97 Å². The third kappa shape index (κ3) is 4.39. The van der Waals surface area contributed by atoms with Crippen LogP contribution < -0.4 is 4.74 Å². The summed E-state index contributed by atoms with van der Waals surface area (Å²) in [5, 5.41) is 8.68. The van der Waals surface area contributed by atoms with Crippen LogP contribution in [0.15, 0.2) is 67.0 Å². The highest BCUT2D eigenvalue weighted by molar-refractivity contribution is 6.08. The second kappa shape index (κ2) is 7.70. The van der Waals surface area contributed by atoms with E-state index in [1.54, 1.807) is 18.2 Å². The van der Waals surface area contributed by atoms with Gasteiger partial charge < -0.3 is 14.4 Å². The molecule has 2 aromatic carbocycles. The topological polar surface area (TPSA) is 68.5 Å². The van der Waals surface area contributed by atoms with Crippen molar-refractivity contribution in [1.29, 1.82) is 0 Å². The number of benzene rings is 2. The Morgan fingerprint density at radius 1 is 1.04 bits per heavy atom. The number of aryl methyl sites for hydroxylation is 1. The Bertz CT molecular complexity index is 925. The lowest BCUT2D eigenvalue weighted by molar-refractivity contribution is -0.139. The number of ketones is 1. The smallest absolute Gasteiger partial charge is 0.341 e. The van der Waals surface area contributed by atoms with Crippen molar-refractivity contribution < 1.29 is 19.4 Å². The first kappa shape index (κ1) is 17.5. The fourth-order valence-corrected chi connectivity index (χ4v) is 2.63. The number of nitrogens with zero attached hydrogens (tertiary/aromatic N) is 1. The van der Waals surface area contributed by atoms with Gasteiger partial charge in [-0.1, -0.05) is 42.0 Å². The molecular formula is C21H19NO4. The standard InChI is InChI=1S/C21H19NO4/c1-15-5-7-17(8-6-15)21(25)18-9-10-22(13-18)12-16-3-2-4-19(11-16)26-14-20(23)24/h2-11,13H,12,14H2,1H3,(H,23,24). The van der Waals surface area contributed by atoms with Crippen LogP contribution in [-0.4, -0.2) is 28.0 Å². The van der Waals surface area contributed by atoms with Crippen LogP contribution in [-0.2, 0) is 11.3 Å². The predicted octanol–water partition coefficient (Wildman–Crippen LogP) is 3.54. The Labute approximate surface area is 151 Å². The van der Waals surface area contributed by atoms with E-state index in [0.717, 1.165) is 11.1 Å². The summed E-state index contributed by atoms with van der Waals surface area (Å²) in [6, 6.07) is 16.6. The van der Waals surface area contributed by atoms with Crippen LogP contribution in [0, 0.1) is 6.92 Å².